The van der Waals surface area contributed by atoms with E-state index in [2.05, 4.69) is 11.1 Å². The molecule has 0 heterocycles. The van der Waals surface area contributed by atoms with E-state index in [4.69, 9.17) is 5.14 Å². The van der Waals surface area contributed by atoms with Crippen molar-refractivity contribution in [2.24, 2.45) is 5.14 Å². The fraction of sp³-hybridized carbons (Fsp3) is 1.00. The zero-order valence-electron chi connectivity index (χ0n) is 15.2. The first-order chi connectivity index (χ1) is 11.1. The van der Waals surface area contributed by atoms with E-state index in [1.54, 1.807) is 0 Å². The van der Waals surface area contributed by atoms with Gasteiger partial charge in [0.2, 0.25) is 0 Å². The average Bonchev–Trinajstić information content (AvgIpc) is 2.49. The molecule has 2 N–H and O–H groups in total. The summed E-state index contributed by atoms with van der Waals surface area (Å²) in [6.45, 7) is 2.49. The van der Waals surface area contributed by atoms with Gasteiger partial charge in [0.1, 0.15) is 0 Å². The molecule has 0 aliphatic rings. The first-order valence-corrected chi connectivity index (χ1v) is 11.2. The molecule has 0 amide bonds. The van der Waals surface area contributed by atoms with Crippen molar-refractivity contribution in [1.29, 1.82) is 0 Å². The van der Waals surface area contributed by atoms with Crippen LogP contribution in [0.1, 0.15) is 110 Å². The molecule has 0 saturated heterocycles. The first kappa shape index (κ1) is 27.1. The molecule has 0 bridgehead atoms. The molecule has 0 fully saturated rings. The van der Waals surface area contributed by atoms with Crippen molar-refractivity contribution >= 4 is 39.9 Å². The topological polar surface area (TPSA) is 69.4 Å². The Kier molecular flexibility index (Phi) is 22.8. The molecule has 0 unspecified atom stereocenters. The first-order valence-electron chi connectivity index (χ1n) is 9.73. The quantitative estimate of drug-likeness (QED) is 0.277. The van der Waals surface area contributed by atoms with Crippen molar-refractivity contribution in [3.8, 4) is 0 Å². The van der Waals surface area contributed by atoms with Gasteiger partial charge in [0, 0.05) is 0 Å². The molecule has 142 valence electrons. The Morgan fingerprint density at radius 3 is 1.21 bits per heavy atom. The van der Waals surface area contributed by atoms with E-state index in [9.17, 15) is 8.42 Å². The molecule has 0 aliphatic carbocycles. The molecule has 0 rings (SSSR count). The molecule has 0 atom stereocenters. The summed E-state index contributed by atoms with van der Waals surface area (Å²) in [6, 6.07) is 0. The zero-order chi connectivity index (χ0) is 17.2. The third kappa shape index (κ3) is 25.1. The summed E-state index contributed by atoms with van der Waals surface area (Å²) in [5.74, 6) is 0. The average molecular weight is 374 g/mol. The maximum atomic E-state index is 10.5. The van der Waals surface area contributed by atoms with E-state index < -0.39 is 10.3 Å². The standard InChI is InChI=1S/C18H39NO3S.Na.H/c1-2-3-4-5-6-7-8-9-10-11-12-13-14-15-16-17-18-22-23(19,20)21;;/h2-18H2,1H3,(H2,19,20,21);;. The summed E-state index contributed by atoms with van der Waals surface area (Å²) in [7, 11) is -3.74. The van der Waals surface area contributed by atoms with Crippen molar-refractivity contribution < 1.29 is 12.6 Å². The van der Waals surface area contributed by atoms with Crippen molar-refractivity contribution in [1.82, 2.24) is 0 Å². The van der Waals surface area contributed by atoms with E-state index >= 15 is 0 Å². The molecular weight excluding hydrogens is 333 g/mol. The van der Waals surface area contributed by atoms with Crippen LogP contribution in [0.3, 0.4) is 0 Å². The molecule has 0 radical (unpaired) electrons. The van der Waals surface area contributed by atoms with Gasteiger partial charge < -0.3 is 0 Å². The molecule has 0 aromatic heterocycles. The molecular formula is C18H40NNaO3S. The van der Waals surface area contributed by atoms with Crippen molar-refractivity contribution in [3.05, 3.63) is 0 Å². The van der Waals surface area contributed by atoms with Gasteiger partial charge in [-0.1, -0.05) is 103 Å². The summed E-state index contributed by atoms with van der Waals surface area (Å²) in [5, 5.41) is 4.75. The van der Waals surface area contributed by atoms with E-state index in [0.29, 0.717) is 0 Å². The van der Waals surface area contributed by atoms with Crippen LogP contribution in [0.25, 0.3) is 0 Å². The van der Waals surface area contributed by atoms with Crippen LogP contribution in [0.4, 0.5) is 0 Å². The number of unbranched alkanes of at least 4 members (excludes halogenated alkanes) is 15. The van der Waals surface area contributed by atoms with Crippen LogP contribution < -0.4 is 5.14 Å². The fourth-order valence-electron chi connectivity index (χ4n) is 2.83. The summed E-state index contributed by atoms with van der Waals surface area (Å²) in [4.78, 5) is 0. The van der Waals surface area contributed by atoms with Gasteiger partial charge in [-0.05, 0) is 6.42 Å². The number of nitrogens with two attached hydrogens (primary N) is 1. The van der Waals surface area contributed by atoms with Gasteiger partial charge in [-0.3, -0.25) is 4.18 Å². The number of hydrogen-bond donors (Lipinski definition) is 1. The Hall–Kier alpha value is 0.870. The van der Waals surface area contributed by atoms with Crippen LogP contribution in [0, 0.1) is 0 Å². The van der Waals surface area contributed by atoms with E-state index in [1.165, 1.54) is 83.5 Å². The predicted octanol–water partition coefficient (Wildman–Crippen LogP) is 4.82. The molecule has 0 spiro atoms. The summed E-state index contributed by atoms with van der Waals surface area (Å²) in [6.07, 6.45) is 20.8. The van der Waals surface area contributed by atoms with E-state index in [1.807, 2.05) is 0 Å². The number of hydrogen-bond acceptors (Lipinski definition) is 3. The van der Waals surface area contributed by atoms with Gasteiger partial charge in [0.05, 0.1) is 6.61 Å². The van der Waals surface area contributed by atoms with Crippen molar-refractivity contribution in [2.45, 2.75) is 110 Å². The monoisotopic (exact) mass is 373 g/mol. The second kappa shape index (κ2) is 20.2. The van der Waals surface area contributed by atoms with Gasteiger partial charge in [0.25, 0.3) is 0 Å². The number of rotatable bonds is 18. The van der Waals surface area contributed by atoms with Gasteiger partial charge in [-0.15, -0.1) is 0 Å². The normalized spacial score (nSPS) is 11.4. The van der Waals surface area contributed by atoms with Crippen LogP contribution in [0.2, 0.25) is 0 Å². The summed E-state index contributed by atoms with van der Waals surface area (Å²) in [5.41, 5.74) is 0. The van der Waals surface area contributed by atoms with E-state index in [-0.39, 0.29) is 36.2 Å². The molecule has 6 heteroatoms. The second-order valence-electron chi connectivity index (χ2n) is 6.62. The van der Waals surface area contributed by atoms with Crippen molar-refractivity contribution in [2.75, 3.05) is 6.61 Å². The van der Waals surface area contributed by atoms with Gasteiger partial charge in [-0.2, -0.15) is 8.42 Å². The summed E-state index contributed by atoms with van der Waals surface area (Å²) < 4.78 is 25.6. The minimum absolute atomic E-state index is 0. The van der Waals surface area contributed by atoms with Crippen molar-refractivity contribution in [3.63, 3.8) is 0 Å². The maximum absolute atomic E-state index is 10.5. The summed E-state index contributed by atoms with van der Waals surface area (Å²) >= 11 is 0. The van der Waals surface area contributed by atoms with Gasteiger partial charge in [-0.25, -0.2) is 5.14 Å². The zero-order valence-corrected chi connectivity index (χ0v) is 16.0. The third-order valence-electron chi connectivity index (χ3n) is 4.25. The second-order valence-corrected chi connectivity index (χ2v) is 7.84. The minimum atomic E-state index is -3.74. The predicted molar refractivity (Wildman–Crippen MR) is 106 cm³/mol. The molecule has 4 nitrogen and oxygen atoms in total. The Labute approximate surface area is 173 Å². The Morgan fingerprint density at radius 2 is 0.917 bits per heavy atom. The fourth-order valence-corrected chi connectivity index (χ4v) is 3.18. The third-order valence-corrected chi connectivity index (χ3v) is 4.74. The molecule has 0 aliphatic heterocycles. The van der Waals surface area contributed by atoms with Crippen LogP contribution in [-0.2, 0) is 14.5 Å². The Morgan fingerprint density at radius 1 is 0.625 bits per heavy atom. The molecule has 0 aromatic rings. The Bertz CT molecular complexity index is 337. The molecule has 0 aromatic carbocycles. The van der Waals surface area contributed by atoms with E-state index in [0.717, 1.165) is 19.3 Å². The van der Waals surface area contributed by atoms with Crippen LogP contribution in [0.5, 0.6) is 0 Å². The van der Waals surface area contributed by atoms with Gasteiger partial charge in [0.15, 0.2) is 0 Å². The molecule has 0 saturated carbocycles. The van der Waals surface area contributed by atoms with Gasteiger partial charge >= 0.3 is 39.9 Å². The Balaban J connectivity index is 0. The van der Waals surface area contributed by atoms with Crippen LogP contribution in [-0.4, -0.2) is 44.6 Å². The van der Waals surface area contributed by atoms with Crippen LogP contribution >= 0.6 is 0 Å². The van der Waals surface area contributed by atoms with Crippen LogP contribution in [0.15, 0.2) is 0 Å². The molecule has 24 heavy (non-hydrogen) atoms. The SMILES string of the molecule is CCCCCCCCCCCCCCCCCCOS(N)(=O)=O.[NaH].